The Morgan fingerprint density at radius 2 is 1.75 bits per heavy atom. The number of halogens is 1. The highest BCUT2D eigenvalue weighted by molar-refractivity contribution is 6.17. The van der Waals surface area contributed by atoms with Gasteiger partial charge in [0.1, 0.15) is 0 Å². The molecular weight excluding hydrogens is 170 g/mol. The lowest BCUT2D eigenvalue weighted by Crippen LogP contribution is -2.21. The Morgan fingerprint density at radius 3 is 1.92 bits per heavy atom. The second-order valence-electron chi connectivity index (χ2n) is 3.21. The molecule has 0 aromatic heterocycles. The van der Waals surface area contributed by atoms with Gasteiger partial charge in [-0.05, 0) is 32.4 Å². The fourth-order valence-electron chi connectivity index (χ4n) is 1.15. The van der Waals surface area contributed by atoms with Gasteiger partial charge in [0.15, 0.2) is 0 Å². The van der Waals surface area contributed by atoms with Crippen LogP contribution in [0.5, 0.6) is 0 Å². The van der Waals surface area contributed by atoms with Crippen molar-refractivity contribution in [2.75, 3.05) is 19.0 Å². The molecule has 1 aliphatic rings. The number of unbranched alkanes of at least 4 members (excludes halogenated alkanes) is 2. The second kappa shape index (κ2) is 11.2. The Hall–Kier alpha value is 0.250. The molecule has 0 radical (unpaired) electrons. The predicted octanol–water partition coefficient (Wildman–Crippen LogP) is 3.18. The van der Waals surface area contributed by atoms with Crippen molar-refractivity contribution in [1.29, 1.82) is 0 Å². The van der Waals surface area contributed by atoms with Crippen molar-refractivity contribution >= 4 is 11.6 Å². The summed E-state index contributed by atoms with van der Waals surface area (Å²) < 4.78 is 0. The first-order valence-corrected chi connectivity index (χ1v) is 5.72. The molecule has 1 saturated heterocycles. The molecule has 1 nitrogen and oxygen atoms in total. The highest BCUT2D eigenvalue weighted by Gasteiger charge is 1.93. The summed E-state index contributed by atoms with van der Waals surface area (Å²) in [5.74, 6) is 0.827. The first-order chi connectivity index (χ1) is 5.91. The van der Waals surface area contributed by atoms with Crippen LogP contribution in [0.25, 0.3) is 0 Å². The van der Waals surface area contributed by atoms with Crippen molar-refractivity contribution in [3.63, 3.8) is 0 Å². The third-order valence-electron chi connectivity index (χ3n) is 1.94. The molecule has 0 spiro atoms. The molecule has 74 valence electrons. The zero-order valence-electron chi connectivity index (χ0n) is 8.24. The Balaban J connectivity index is 0.000000202. The summed E-state index contributed by atoms with van der Waals surface area (Å²) in [5, 5.41) is 3.28. The summed E-state index contributed by atoms with van der Waals surface area (Å²) in [6, 6.07) is 0. The molecule has 2 heteroatoms. The van der Waals surface area contributed by atoms with Crippen LogP contribution in [-0.2, 0) is 0 Å². The summed E-state index contributed by atoms with van der Waals surface area (Å²) in [6.45, 7) is 4.67. The summed E-state index contributed by atoms with van der Waals surface area (Å²) in [5.41, 5.74) is 0. The quantitative estimate of drug-likeness (QED) is 0.534. The van der Waals surface area contributed by atoms with Crippen LogP contribution in [0.1, 0.15) is 45.4 Å². The normalized spacial score (nSPS) is 16.5. The van der Waals surface area contributed by atoms with E-state index in [2.05, 4.69) is 12.2 Å². The summed E-state index contributed by atoms with van der Waals surface area (Å²) in [7, 11) is 0. The largest absolute Gasteiger partial charge is 0.317 e. The lowest BCUT2D eigenvalue weighted by atomic mass is 10.2. The minimum atomic E-state index is 0.827. The van der Waals surface area contributed by atoms with Crippen LogP contribution in [0.2, 0.25) is 0 Å². The monoisotopic (exact) mass is 191 g/mol. The van der Waals surface area contributed by atoms with E-state index in [1.54, 1.807) is 0 Å². The Labute approximate surface area is 81.9 Å². The molecule has 12 heavy (non-hydrogen) atoms. The van der Waals surface area contributed by atoms with E-state index < -0.39 is 0 Å². The molecule has 0 bridgehead atoms. The van der Waals surface area contributed by atoms with E-state index in [4.69, 9.17) is 11.6 Å². The lowest BCUT2D eigenvalue weighted by Gasteiger charge is -2.08. The first-order valence-electron chi connectivity index (χ1n) is 5.18. The van der Waals surface area contributed by atoms with Crippen LogP contribution >= 0.6 is 11.6 Å². The minimum Gasteiger partial charge on any atom is -0.317 e. The number of piperidine rings is 1. The van der Waals surface area contributed by atoms with Crippen molar-refractivity contribution in [3.8, 4) is 0 Å². The van der Waals surface area contributed by atoms with Crippen LogP contribution in [0.4, 0.5) is 0 Å². The summed E-state index contributed by atoms with van der Waals surface area (Å²) in [6.07, 6.45) is 7.95. The number of hydrogen-bond donors (Lipinski definition) is 1. The maximum atomic E-state index is 5.38. The van der Waals surface area contributed by atoms with E-state index in [0.29, 0.717) is 0 Å². The molecular formula is C10H22ClN. The van der Waals surface area contributed by atoms with Crippen LogP contribution in [0.15, 0.2) is 0 Å². The minimum absolute atomic E-state index is 0.827. The molecule has 0 amide bonds. The first kappa shape index (κ1) is 12.2. The average Bonchev–Trinajstić information content (AvgIpc) is 2.18. The van der Waals surface area contributed by atoms with Gasteiger partial charge in [0.25, 0.3) is 0 Å². The van der Waals surface area contributed by atoms with Gasteiger partial charge >= 0.3 is 0 Å². The third kappa shape index (κ3) is 10.2. The SMILES string of the molecule is C1CCNCC1.CCCCCCl. The van der Waals surface area contributed by atoms with Gasteiger partial charge in [0.05, 0.1) is 0 Å². The van der Waals surface area contributed by atoms with Gasteiger partial charge in [0, 0.05) is 5.88 Å². The van der Waals surface area contributed by atoms with Crippen LogP contribution in [-0.4, -0.2) is 19.0 Å². The van der Waals surface area contributed by atoms with Crippen LogP contribution < -0.4 is 5.32 Å². The molecule has 1 rings (SSSR count). The lowest BCUT2D eigenvalue weighted by molar-refractivity contribution is 0.520. The van der Waals surface area contributed by atoms with Gasteiger partial charge in [-0.1, -0.05) is 26.2 Å². The molecule has 0 atom stereocenters. The van der Waals surface area contributed by atoms with E-state index >= 15 is 0 Å². The Morgan fingerprint density at radius 1 is 1.08 bits per heavy atom. The van der Waals surface area contributed by atoms with Crippen molar-refractivity contribution in [1.82, 2.24) is 5.32 Å². The van der Waals surface area contributed by atoms with Crippen LogP contribution in [0, 0.1) is 0 Å². The van der Waals surface area contributed by atoms with Gasteiger partial charge in [-0.15, -0.1) is 11.6 Å². The number of nitrogens with one attached hydrogen (secondary N) is 1. The van der Waals surface area contributed by atoms with Gasteiger partial charge in [-0.25, -0.2) is 0 Å². The van der Waals surface area contributed by atoms with E-state index in [-0.39, 0.29) is 0 Å². The molecule has 0 aromatic rings. The van der Waals surface area contributed by atoms with E-state index in [9.17, 15) is 0 Å². The molecule has 0 aliphatic carbocycles. The number of hydrogen-bond acceptors (Lipinski definition) is 1. The van der Waals surface area contributed by atoms with Crippen molar-refractivity contribution < 1.29 is 0 Å². The topological polar surface area (TPSA) is 12.0 Å². The standard InChI is InChI=1S/C5H11Cl.C5H11N/c1-2-3-4-5-6;1-2-4-6-5-3-1/h2-5H2,1H3;6H,1-5H2. The van der Waals surface area contributed by atoms with E-state index in [1.165, 1.54) is 51.6 Å². The van der Waals surface area contributed by atoms with E-state index in [0.717, 1.165) is 5.88 Å². The molecule has 1 N–H and O–H groups in total. The predicted molar refractivity (Wildman–Crippen MR) is 57.0 cm³/mol. The number of alkyl halides is 1. The van der Waals surface area contributed by atoms with Gasteiger partial charge in [-0.3, -0.25) is 0 Å². The Bertz CT molecular complexity index is 56.7. The molecule has 1 heterocycles. The third-order valence-corrected chi connectivity index (χ3v) is 2.21. The maximum absolute atomic E-state index is 5.38. The van der Waals surface area contributed by atoms with Gasteiger partial charge < -0.3 is 5.32 Å². The molecule has 1 aliphatic heterocycles. The second-order valence-corrected chi connectivity index (χ2v) is 3.58. The van der Waals surface area contributed by atoms with Crippen molar-refractivity contribution in [2.24, 2.45) is 0 Å². The van der Waals surface area contributed by atoms with E-state index in [1.807, 2.05) is 0 Å². The fourth-order valence-corrected chi connectivity index (χ4v) is 1.34. The Kier molecular flexibility index (Phi) is 11.5. The number of rotatable bonds is 3. The fraction of sp³-hybridized carbons (Fsp3) is 1.00. The smallest absolute Gasteiger partial charge is 0.0223 e. The summed E-state index contributed by atoms with van der Waals surface area (Å²) >= 11 is 5.38. The van der Waals surface area contributed by atoms with Gasteiger partial charge in [0.2, 0.25) is 0 Å². The zero-order chi connectivity index (χ0) is 9.07. The van der Waals surface area contributed by atoms with Crippen molar-refractivity contribution in [3.05, 3.63) is 0 Å². The molecule has 0 saturated carbocycles. The highest BCUT2D eigenvalue weighted by Crippen LogP contribution is 1.96. The summed E-state index contributed by atoms with van der Waals surface area (Å²) in [4.78, 5) is 0. The van der Waals surface area contributed by atoms with Gasteiger partial charge in [-0.2, -0.15) is 0 Å². The van der Waals surface area contributed by atoms with Crippen molar-refractivity contribution in [2.45, 2.75) is 45.4 Å². The highest BCUT2D eigenvalue weighted by atomic mass is 35.5. The molecule has 0 aromatic carbocycles. The zero-order valence-corrected chi connectivity index (χ0v) is 9.00. The molecule has 0 unspecified atom stereocenters. The average molecular weight is 192 g/mol. The van der Waals surface area contributed by atoms with Crippen LogP contribution in [0.3, 0.4) is 0 Å². The maximum Gasteiger partial charge on any atom is 0.0223 e. The molecule has 1 fully saturated rings.